The highest BCUT2D eigenvalue weighted by Gasteiger charge is 2.50. The van der Waals surface area contributed by atoms with Crippen molar-refractivity contribution in [1.82, 2.24) is 20.4 Å². The summed E-state index contributed by atoms with van der Waals surface area (Å²) in [5.74, 6) is -0.0823. The number of rotatable bonds is 5. The summed E-state index contributed by atoms with van der Waals surface area (Å²) in [4.78, 5) is 30.2. The zero-order valence-electron chi connectivity index (χ0n) is 14.2. The van der Waals surface area contributed by atoms with Crippen molar-refractivity contribution < 1.29 is 18.5 Å². The third-order valence-electron chi connectivity index (χ3n) is 4.08. The van der Waals surface area contributed by atoms with E-state index in [9.17, 15) is 14.0 Å². The maximum atomic E-state index is 14.1. The number of halogens is 1. The molecule has 1 aliphatic heterocycles. The molecule has 1 aromatic carbocycles. The highest BCUT2D eigenvalue weighted by molar-refractivity contribution is 6.07. The topological polar surface area (TPSA) is 88.3 Å². The molecule has 1 fully saturated rings. The molecule has 3 rings (SSSR count). The van der Waals surface area contributed by atoms with Gasteiger partial charge in [0, 0.05) is 12.0 Å². The van der Waals surface area contributed by atoms with Gasteiger partial charge in [-0.25, -0.2) is 9.18 Å². The average molecular weight is 346 g/mol. The molecule has 0 spiro atoms. The fraction of sp³-hybridized carbons (Fsp3) is 0.412. The molecule has 132 valence electrons. The second-order valence-electron chi connectivity index (χ2n) is 6.63. The van der Waals surface area contributed by atoms with E-state index < -0.39 is 23.3 Å². The van der Waals surface area contributed by atoms with Crippen LogP contribution >= 0.6 is 0 Å². The quantitative estimate of drug-likeness (QED) is 0.840. The first kappa shape index (κ1) is 17.1. The van der Waals surface area contributed by atoms with Crippen LogP contribution < -0.4 is 5.32 Å². The Morgan fingerprint density at radius 2 is 2.04 bits per heavy atom. The maximum absolute atomic E-state index is 14.1. The molecule has 0 bridgehead atoms. The largest absolute Gasteiger partial charge is 0.337 e. The molecule has 0 aliphatic carbocycles. The molecular weight excluding hydrogens is 327 g/mol. The lowest BCUT2D eigenvalue weighted by Gasteiger charge is -2.22. The Hall–Kier alpha value is -2.77. The lowest BCUT2D eigenvalue weighted by Crippen LogP contribution is -2.41. The summed E-state index contributed by atoms with van der Waals surface area (Å²) in [7, 11) is 0. The number of carbonyl (C=O) groups excluding carboxylic acids is 2. The van der Waals surface area contributed by atoms with Crippen LogP contribution in [0.25, 0.3) is 0 Å². The van der Waals surface area contributed by atoms with Gasteiger partial charge in [-0.3, -0.25) is 9.69 Å². The molecule has 3 amide bonds. The van der Waals surface area contributed by atoms with E-state index in [4.69, 9.17) is 4.52 Å². The number of urea groups is 1. The second-order valence-corrected chi connectivity index (χ2v) is 6.63. The molecular formula is C17H19FN4O3. The fourth-order valence-electron chi connectivity index (χ4n) is 2.83. The normalized spacial score (nSPS) is 20.4. The van der Waals surface area contributed by atoms with Gasteiger partial charge in [-0.1, -0.05) is 37.2 Å². The Morgan fingerprint density at radius 3 is 2.72 bits per heavy atom. The van der Waals surface area contributed by atoms with Crippen molar-refractivity contribution in [3.8, 4) is 0 Å². The van der Waals surface area contributed by atoms with Crippen molar-refractivity contribution in [3.05, 3.63) is 47.4 Å². The smallest absolute Gasteiger partial charge is 0.325 e. The van der Waals surface area contributed by atoms with Crippen molar-refractivity contribution in [1.29, 1.82) is 0 Å². The molecule has 25 heavy (non-hydrogen) atoms. The SMILES string of the molecule is CC(C)Cc1noc(CN2C(=O)NC(C)(c3ccccc3F)C2=O)n1. The summed E-state index contributed by atoms with van der Waals surface area (Å²) >= 11 is 0. The van der Waals surface area contributed by atoms with Gasteiger partial charge in [0.2, 0.25) is 5.89 Å². The van der Waals surface area contributed by atoms with Crippen LogP contribution in [0.1, 0.15) is 38.0 Å². The summed E-state index contributed by atoms with van der Waals surface area (Å²) in [5.41, 5.74) is -1.36. The van der Waals surface area contributed by atoms with Gasteiger partial charge >= 0.3 is 6.03 Å². The minimum Gasteiger partial charge on any atom is -0.337 e. The van der Waals surface area contributed by atoms with Crippen LogP contribution in [0.15, 0.2) is 28.8 Å². The Morgan fingerprint density at radius 1 is 1.32 bits per heavy atom. The molecule has 1 N–H and O–H groups in total. The monoisotopic (exact) mass is 346 g/mol. The van der Waals surface area contributed by atoms with Crippen LogP contribution in [0, 0.1) is 11.7 Å². The van der Waals surface area contributed by atoms with Crippen LogP contribution in [0.5, 0.6) is 0 Å². The summed E-state index contributed by atoms with van der Waals surface area (Å²) in [5, 5.41) is 6.40. The van der Waals surface area contributed by atoms with Gasteiger partial charge in [-0.15, -0.1) is 0 Å². The molecule has 1 saturated heterocycles. The van der Waals surface area contributed by atoms with Gasteiger partial charge in [0.05, 0.1) is 0 Å². The molecule has 1 aromatic heterocycles. The molecule has 1 unspecified atom stereocenters. The number of hydrogen-bond donors (Lipinski definition) is 1. The van der Waals surface area contributed by atoms with E-state index in [1.54, 1.807) is 6.07 Å². The predicted octanol–water partition coefficient (Wildman–Crippen LogP) is 2.37. The first-order valence-electron chi connectivity index (χ1n) is 8.02. The van der Waals surface area contributed by atoms with Crippen LogP contribution in [0.4, 0.5) is 9.18 Å². The van der Waals surface area contributed by atoms with E-state index in [0.29, 0.717) is 18.2 Å². The van der Waals surface area contributed by atoms with Gasteiger partial charge in [0.25, 0.3) is 5.91 Å². The van der Waals surface area contributed by atoms with Crippen LogP contribution in [0.3, 0.4) is 0 Å². The van der Waals surface area contributed by atoms with Gasteiger partial charge < -0.3 is 9.84 Å². The number of nitrogens with zero attached hydrogens (tertiary/aromatic N) is 3. The van der Waals surface area contributed by atoms with Gasteiger partial charge in [-0.05, 0) is 18.9 Å². The average Bonchev–Trinajstić information content (AvgIpc) is 3.06. The van der Waals surface area contributed by atoms with Gasteiger partial charge in [0.15, 0.2) is 5.82 Å². The van der Waals surface area contributed by atoms with Crippen molar-refractivity contribution >= 4 is 11.9 Å². The number of amides is 3. The van der Waals surface area contributed by atoms with Crippen molar-refractivity contribution in [3.63, 3.8) is 0 Å². The Kier molecular flexibility index (Phi) is 4.28. The Bertz CT molecular complexity index is 820. The zero-order chi connectivity index (χ0) is 18.2. The Labute approximate surface area is 144 Å². The molecule has 2 aromatic rings. The first-order valence-corrected chi connectivity index (χ1v) is 8.02. The van der Waals surface area contributed by atoms with E-state index in [-0.39, 0.29) is 18.0 Å². The third-order valence-corrected chi connectivity index (χ3v) is 4.08. The standard InChI is InChI=1S/C17H19FN4O3/c1-10(2)8-13-19-14(25-21-13)9-22-15(23)17(3,20-16(22)24)11-6-4-5-7-12(11)18/h4-7,10H,8-9H2,1-3H3,(H,20,24). The van der Waals surface area contributed by atoms with E-state index >= 15 is 0 Å². The molecule has 1 atom stereocenters. The number of aromatic nitrogens is 2. The summed E-state index contributed by atoms with van der Waals surface area (Å²) in [6.45, 7) is 5.37. The molecule has 1 aliphatic rings. The fourth-order valence-corrected chi connectivity index (χ4v) is 2.83. The second kappa shape index (κ2) is 6.27. The van der Waals surface area contributed by atoms with Crippen molar-refractivity contribution in [2.75, 3.05) is 0 Å². The number of imide groups is 1. The maximum Gasteiger partial charge on any atom is 0.325 e. The number of benzene rings is 1. The molecule has 0 radical (unpaired) electrons. The number of hydrogen-bond acceptors (Lipinski definition) is 5. The molecule has 7 nitrogen and oxygen atoms in total. The first-order chi connectivity index (χ1) is 11.8. The highest BCUT2D eigenvalue weighted by Crippen LogP contribution is 2.31. The summed E-state index contributed by atoms with van der Waals surface area (Å²) in [6, 6.07) is 5.24. The predicted molar refractivity (Wildman–Crippen MR) is 85.7 cm³/mol. The molecule has 2 heterocycles. The summed E-state index contributed by atoms with van der Waals surface area (Å²) in [6.07, 6.45) is 0.636. The van der Waals surface area contributed by atoms with E-state index in [1.807, 2.05) is 13.8 Å². The third kappa shape index (κ3) is 3.11. The van der Waals surface area contributed by atoms with Crippen molar-refractivity contribution in [2.45, 2.75) is 39.3 Å². The van der Waals surface area contributed by atoms with Crippen LogP contribution in [-0.2, 0) is 23.3 Å². The number of nitrogens with one attached hydrogen (secondary N) is 1. The van der Waals surface area contributed by atoms with E-state index in [0.717, 1.165) is 4.90 Å². The number of carbonyl (C=O) groups is 2. The Balaban J connectivity index is 1.82. The molecule has 8 heteroatoms. The minimum atomic E-state index is -1.47. The highest BCUT2D eigenvalue weighted by atomic mass is 19.1. The minimum absolute atomic E-state index is 0.113. The zero-order valence-corrected chi connectivity index (χ0v) is 14.2. The van der Waals surface area contributed by atoms with Gasteiger partial charge in [0.1, 0.15) is 17.9 Å². The summed E-state index contributed by atoms with van der Waals surface area (Å²) < 4.78 is 19.2. The van der Waals surface area contributed by atoms with E-state index in [2.05, 4.69) is 15.5 Å². The van der Waals surface area contributed by atoms with E-state index in [1.165, 1.54) is 25.1 Å². The van der Waals surface area contributed by atoms with Crippen LogP contribution in [0.2, 0.25) is 0 Å². The lowest BCUT2D eigenvalue weighted by atomic mass is 9.91. The lowest BCUT2D eigenvalue weighted by molar-refractivity contribution is -0.131. The van der Waals surface area contributed by atoms with Gasteiger partial charge in [-0.2, -0.15) is 4.98 Å². The van der Waals surface area contributed by atoms with Crippen LogP contribution in [-0.4, -0.2) is 27.0 Å². The molecule has 0 saturated carbocycles. The van der Waals surface area contributed by atoms with Crippen molar-refractivity contribution in [2.24, 2.45) is 5.92 Å².